The molecule has 1 aliphatic rings. The van der Waals surface area contributed by atoms with Gasteiger partial charge >= 0.3 is 0 Å². The lowest BCUT2D eigenvalue weighted by atomic mass is 10.0. The Balaban J connectivity index is 1.81. The zero-order valence-corrected chi connectivity index (χ0v) is 11.8. The maximum Gasteiger partial charge on any atom is 0.123 e. The van der Waals surface area contributed by atoms with Crippen molar-refractivity contribution in [1.29, 1.82) is 0 Å². The van der Waals surface area contributed by atoms with Crippen LogP contribution in [0.3, 0.4) is 0 Å². The Kier molecular flexibility index (Phi) is 5.34. The molecule has 2 rings (SSSR count). The summed E-state index contributed by atoms with van der Waals surface area (Å²) in [5, 5.41) is 0. The van der Waals surface area contributed by atoms with Crippen LogP contribution >= 0.6 is 0 Å². The number of nitrogens with two attached hydrogens (primary N) is 1. The molecule has 0 bridgehead atoms. The quantitative estimate of drug-likeness (QED) is 0.780. The monoisotopic (exact) mass is 264 g/mol. The SMILES string of the molecule is CCCN(CCC(N)c1cccc(F)c1)CC1CC1. The molecule has 0 heterocycles. The molecule has 1 saturated carbocycles. The number of rotatable bonds is 8. The molecule has 1 fully saturated rings. The van der Waals surface area contributed by atoms with Crippen LogP contribution in [-0.2, 0) is 0 Å². The highest BCUT2D eigenvalue weighted by molar-refractivity contribution is 5.19. The molecule has 0 aliphatic heterocycles. The Labute approximate surface area is 115 Å². The minimum atomic E-state index is -0.198. The number of nitrogens with zero attached hydrogens (tertiary/aromatic N) is 1. The predicted molar refractivity (Wildman–Crippen MR) is 77.4 cm³/mol. The van der Waals surface area contributed by atoms with Crippen LogP contribution in [0.25, 0.3) is 0 Å². The molecule has 0 saturated heterocycles. The summed E-state index contributed by atoms with van der Waals surface area (Å²) in [5.41, 5.74) is 7.07. The molecule has 0 radical (unpaired) electrons. The molecule has 1 unspecified atom stereocenters. The molecule has 19 heavy (non-hydrogen) atoms. The van der Waals surface area contributed by atoms with E-state index >= 15 is 0 Å². The zero-order valence-electron chi connectivity index (χ0n) is 11.8. The third-order valence-electron chi connectivity index (χ3n) is 3.79. The van der Waals surface area contributed by atoms with Gasteiger partial charge in [-0.05, 0) is 62.4 Å². The fourth-order valence-corrected chi connectivity index (χ4v) is 2.50. The van der Waals surface area contributed by atoms with E-state index in [1.54, 1.807) is 12.1 Å². The first-order valence-corrected chi connectivity index (χ1v) is 7.42. The average Bonchev–Trinajstić information content (AvgIpc) is 3.20. The number of hydrogen-bond acceptors (Lipinski definition) is 2. The van der Waals surface area contributed by atoms with Gasteiger partial charge in [-0.2, -0.15) is 0 Å². The fraction of sp³-hybridized carbons (Fsp3) is 0.625. The maximum absolute atomic E-state index is 13.2. The Hall–Kier alpha value is -0.930. The number of halogens is 1. The van der Waals surface area contributed by atoms with E-state index in [0.29, 0.717) is 0 Å². The Morgan fingerprint density at radius 1 is 1.37 bits per heavy atom. The summed E-state index contributed by atoms with van der Waals surface area (Å²) in [6, 6.07) is 6.61. The predicted octanol–water partition coefficient (Wildman–Crippen LogP) is 3.34. The summed E-state index contributed by atoms with van der Waals surface area (Å²) in [4.78, 5) is 2.51. The molecule has 106 valence electrons. The molecular weight excluding hydrogens is 239 g/mol. The summed E-state index contributed by atoms with van der Waals surface area (Å²) in [7, 11) is 0. The Bertz CT molecular complexity index is 390. The van der Waals surface area contributed by atoms with Gasteiger partial charge in [0.1, 0.15) is 5.82 Å². The van der Waals surface area contributed by atoms with E-state index in [2.05, 4.69) is 11.8 Å². The first-order chi connectivity index (χ1) is 9.19. The fourth-order valence-electron chi connectivity index (χ4n) is 2.50. The molecule has 0 aromatic heterocycles. The smallest absolute Gasteiger partial charge is 0.123 e. The summed E-state index contributed by atoms with van der Waals surface area (Å²) in [6.07, 6.45) is 4.85. The minimum absolute atomic E-state index is 0.0609. The second-order valence-electron chi connectivity index (χ2n) is 5.69. The van der Waals surface area contributed by atoms with Crippen molar-refractivity contribution in [3.63, 3.8) is 0 Å². The molecular formula is C16H25FN2. The lowest BCUT2D eigenvalue weighted by molar-refractivity contribution is 0.253. The summed E-state index contributed by atoms with van der Waals surface area (Å²) in [5.74, 6) is 0.716. The van der Waals surface area contributed by atoms with E-state index in [4.69, 9.17) is 5.73 Å². The van der Waals surface area contributed by atoms with Gasteiger partial charge in [-0.3, -0.25) is 0 Å². The van der Waals surface area contributed by atoms with Crippen LogP contribution in [0.2, 0.25) is 0 Å². The summed E-state index contributed by atoms with van der Waals surface area (Å²) >= 11 is 0. The Morgan fingerprint density at radius 2 is 2.16 bits per heavy atom. The van der Waals surface area contributed by atoms with Crippen LogP contribution < -0.4 is 5.73 Å². The normalized spacial score (nSPS) is 16.8. The average molecular weight is 264 g/mol. The molecule has 1 atom stereocenters. The largest absolute Gasteiger partial charge is 0.324 e. The Morgan fingerprint density at radius 3 is 2.79 bits per heavy atom. The first kappa shape index (κ1) is 14.5. The van der Waals surface area contributed by atoms with Gasteiger partial charge in [0.2, 0.25) is 0 Å². The van der Waals surface area contributed by atoms with Crippen LogP contribution in [0.5, 0.6) is 0 Å². The van der Waals surface area contributed by atoms with Crippen molar-refractivity contribution in [2.45, 2.75) is 38.6 Å². The van der Waals surface area contributed by atoms with Gasteiger partial charge in [0.05, 0.1) is 0 Å². The van der Waals surface area contributed by atoms with E-state index in [1.165, 1.54) is 31.9 Å². The lowest BCUT2D eigenvalue weighted by Gasteiger charge is -2.23. The van der Waals surface area contributed by atoms with Gasteiger partial charge in [-0.1, -0.05) is 19.1 Å². The second-order valence-corrected chi connectivity index (χ2v) is 5.69. The van der Waals surface area contributed by atoms with E-state index < -0.39 is 0 Å². The third-order valence-corrected chi connectivity index (χ3v) is 3.79. The molecule has 1 aliphatic carbocycles. The number of hydrogen-bond donors (Lipinski definition) is 1. The van der Waals surface area contributed by atoms with Crippen molar-refractivity contribution in [1.82, 2.24) is 4.90 Å². The van der Waals surface area contributed by atoms with E-state index in [0.717, 1.165) is 31.0 Å². The lowest BCUT2D eigenvalue weighted by Crippen LogP contribution is -2.30. The van der Waals surface area contributed by atoms with Crippen molar-refractivity contribution in [3.8, 4) is 0 Å². The van der Waals surface area contributed by atoms with Crippen LogP contribution in [0, 0.1) is 11.7 Å². The highest BCUT2D eigenvalue weighted by Gasteiger charge is 2.24. The van der Waals surface area contributed by atoms with Crippen LogP contribution in [0.15, 0.2) is 24.3 Å². The van der Waals surface area contributed by atoms with Gasteiger partial charge in [-0.15, -0.1) is 0 Å². The standard InChI is InChI=1S/C16H25FN2/c1-2-9-19(12-13-6-7-13)10-8-16(18)14-4-3-5-15(17)11-14/h3-5,11,13,16H,2,6-10,12,18H2,1H3. The van der Waals surface area contributed by atoms with Gasteiger partial charge in [-0.25, -0.2) is 4.39 Å². The maximum atomic E-state index is 13.2. The van der Waals surface area contributed by atoms with Crippen molar-refractivity contribution >= 4 is 0 Å². The van der Waals surface area contributed by atoms with Crippen molar-refractivity contribution in [2.24, 2.45) is 11.7 Å². The third kappa shape index (κ3) is 4.92. The van der Waals surface area contributed by atoms with Gasteiger partial charge < -0.3 is 10.6 Å². The molecule has 0 spiro atoms. The summed E-state index contributed by atoms with van der Waals surface area (Å²) < 4.78 is 13.2. The molecule has 1 aromatic rings. The topological polar surface area (TPSA) is 29.3 Å². The second kappa shape index (κ2) is 7.01. The van der Waals surface area contributed by atoms with Crippen molar-refractivity contribution < 1.29 is 4.39 Å². The summed E-state index contributed by atoms with van der Waals surface area (Å²) in [6.45, 7) is 5.59. The van der Waals surface area contributed by atoms with Gasteiger partial charge in [0.15, 0.2) is 0 Å². The molecule has 2 N–H and O–H groups in total. The zero-order chi connectivity index (χ0) is 13.7. The van der Waals surface area contributed by atoms with E-state index in [1.807, 2.05) is 6.07 Å². The van der Waals surface area contributed by atoms with Gasteiger partial charge in [0.25, 0.3) is 0 Å². The highest BCUT2D eigenvalue weighted by atomic mass is 19.1. The van der Waals surface area contributed by atoms with Gasteiger partial charge in [0, 0.05) is 12.6 Å². The van der Waals surface area contributed by atoms with E-state index in [-0.39, 0.29) is 11.9 Å². The van der Waals surface area contributed by atoms with Crippen LogP contribution in [0.1, 0.15) is 44.2 Å². The molecule has 0 amide bonds. The van der Waals surface area contributed by atoms with Crippen LogP contribution in [-0.4, -0.2) is 24.5 Å². The molecule has 1 aromatic carbocycles. The van der Waals surface area contributed by atoms with Crippen molar-refractivity contribution in [3.05, 3.63) is 35.6 Å². The minimum Gasteiger partial charge on any atom is -0.324 e. The van der Waals surface area contributed by atoms with Crippen LogP contribution in [0.4, 0.5) is 4.39 Å². The first-order valence-electron chi connectivity index (χ1n) is 7.42. The highest BCUT2D eigenvalue weighted by Crippen LogP contribution is 2.30. The van der Waals surface area contributed by atoms with E-state index in [9.17, 15) is 4.39 Å². The van der Waals surface area contributed by atoms with Crippen molar-refractivity contribution in [2.75, 3.05) is 19.6 Å². The molecule has 3 heteroatoms. The number of benzene rings is 1. The molecule has 2 nitrogen and oxygen atoms in total.